The summed E-state index contributed by atoms with van der Waals surface area (Å²) in [6.45, 7) is 4.09. The molecule has 0 saturated carbocycles. The van der Waals surface area contributed by atoms with E-state index in [9.17, 15) is 20.1 Å². The first-order chi connectivity index (χ1) is 21.4. The van der Waals surface area contributed by atoms with Gasteiger partial charge in [-0.1, -0.05) is 110 Å². The summed E-state index contributed by atoms with van der Waals surface area (Å²) in [5, 5.41) is 31.6. The van der Waals surface area contributed by atoms with Gasteiger partial charge in [0, 0.05) is 12.0 Å². The van der Waals surface area contributed by atoms with Gasteiger partial charge in [-0.05, 0) is 57.9 Å². The second-order valence-electron chi connectivity index (χ2n) is 14.0. The van der Waals surface area contributed by atoms with Crippen LogP contribution in [0.15, 0.2) is 11.6 Å². The second kappa shape index (κ2) is 21.7. The molecule has 2 fully saturated rings. The minimum Gasteiger partial charge on any atom is -0.455 e. The van der Waals surface area contributed by atoms with E-state index in [-0.39, 0.29) is 42.6 Å². The van der Waals surface area contributed by atoms with Crippen LogP contribution in [0.25, 0.3) is 0 Å². The van der Waals surface area contributed by atoms with E-state index in [0.717, 1.165) is 77.0 Å². The minimum absolute atomic E-state index is 0.0519. The first-order valence-corrected chi connectivity index (χ1v) is 18.6. The van der Waals surface area contributed by atoms with Gasteiger partial charge in [0.2, 0.25) is 0 Å². The van der Waals surface area contributed by atoms with Crippen LogP contribution < -0.4 is 0 Å². The van der Waals surface area contributed by atoms with Crippen molar-refractivity contribution >= 4 is 5.97 Å². The van der Waals surface area contributed by atoms with Gasteiger partial charge >= 0.3 is 5.97 Å². The Hall–Kier alpha value is -0.990. The van der Waals surface area contributed by atoms with Crippen LogP contribution in [0.4, 0.5) is 0 Å². The number of cyclic esters (lactones) is 1. The summed E-state index contributed by atoms with van der Waals surface area (Å²) in [6, 6.07) is 0. The highest BCUT2D eigenvalue weighted by Gasteiger charge is 2.40. The van der Waals surface area contributed by atoms with Crippen LogP contribution in [0.2, 0.25) is 0 Å². The van der Waals surface area contributed by atoms with Gasteiger partial charge in [0.25, 0.3) is 0 Å². The summed E-state index contributed by atoms with van der Waals surface area (Å²) < 4.78 is 17.7. The Morgan fingerprint density at radius 3 is 1.52 bits per heavy atom. The third-order valence-corrected chi connectivity index (χ3v) is 10.0. The molecule has 0 aromatic rings. The standard InChI is InChI=1S/C37H66O7/c1-3-4-5-6-7-11-14-17-20-31(39)33-22-24-35(43-33)36-25-23-34(44-36)32(40)21-18-15-12-9-8-10-13-16-19-30(38)27-29-26-28(2)42-37(29)41/h26,28,30-36,38-40H,3-25,27H2,1-2H3/t28?,30?,31-,32+,33+,34+,35+,36+/m0/s1. The van der Waals surface area contributed by atoms with Crippen molar-refractivity contribution in [3.05, 3.63) is 11.6 Å². The number of unbranched alkanes of at least 4 members (excludes halogenated alkanes) is 14. The number of ether oxygens (including phenoxy) is 3. The normalized spacial score (nSPS) is 27.4. The molecule has 0 amide bonds. The van der Waals surface area contributed by atoms with Crippen molar-refractivity contribution in [2.24, 2.45) is 0 Å². The number of carbonyl (C=O) groups excluding carboxylic acids is 1. The van der Waals surface area contributed by atoms with Gasteiger partial charge in [0.05, 0.1) is 42.7 Å². The molecular weight excluding hydrogens is 556 g/mol. The maximum absolute atomic E-state index is 11.7. The molecule has 8 atom stereocenters. The maximum atomic E-state index is 11.7. The number of aliphatic hydroxyl groups excluding tert-OH is 3. The third-order valence-electron chi connectivity index (χ3n) is 10.0. The average molecular weight is 623 g/mol. The highest BCUT2D eigenvalue weighted by Crippen LogP contribution is 2.34. The lowest BCUT2D eigenvalue weighted by molar-refractivity contribution is -0.139. The van der Waals surface area contributed by atoms with Crippen LogP contribution in [0.1, 0.15) is 168 Å². The topological polar surface area (TPSA) is 105 Å². The largest absolute Gasteiger partial charge is 0.455 e. The molecule has 2 unspecified atom stereocenters. The molecule has 3 aliphatic rings. The van der Waals surface area contributed by atoms with Crippen LogP contribution in [-0.4, -0.2) is 70.1 Å². The molecule has 0 radical (unpaired) electrons. The molecule has 3 rings (SSSR count). The zero-order valence-electron chi connectivity index (χ0n) is 28.1. The number of rotatable bonds is 25. The van der Waals surface area contributed by atoms with E-state index in [1.165, 1.54) is 70.6 Å². The Bertz CT molecular complexity index is 801. The van der Waals surface area contributed by atoms with Gasteiger partial charge in [-0.2, -0.15) is 0 Å². The first kappa shape index (κ1) is 37.5. The highest BCUT2D eigenvalue weighted by molar-refractivity contribution is 5.90. The monoisotopic (exact) mass is 622 g/mol. The molecule has 2 saturated heterocycles. The highest BCUT2D eigenvalue weighted by atomic mass is 16.6. The summed E-state index contributed by atoms with van der Waals surface area (Å²) in [5.74, 6) is -0.281. The van der Waals surface area contributed by atoms with Crippen molar-refractivity contribution < 1.29 is 34.3 Å². The van der Waals surface area contributed by atoms with Gasteiger partial charge in [-0.25, -0.2) is 4.79 Å². The number of aliphatic hydroxyl groups is 3. The molecule has 44 heavy (non-hydrogen) atoms. The van der Waals surface area contributed by atoms with Crippen molar-refractivity contribution in [1.82, 2.24) is 0 Å². The van der Waals surface area contributed by atoms with Crippen molar-refractivity contribution in [3.63, 3.8) is 0 Å². The van der Waals surface area contributed by atoms with E-state index in [0.29, 0.717) is 12.0 Å². The maximum Gasteiger partial charge on any atom is 0.334 e. The summed E-state index contributed by atoms with van der Waals surface area (Å²) in [7, 11) is 0. The molecule has 7 heteroatoms. The molecule has 0 aromatic heterocycles. The minimum atomic E-state index is -0.463. The van der Waals surface area contributed by atoms with Crippen LogP contribution in [0.5, 0.6) is 0 Å². The van der Waals surface area contributed by atoms with Crippen molar-refractivity contribution in [1.29, 1.82) is 0 Å². The van der Waals surface area contributed by atoms with Crippen LogP contribution >= 0.6 is 0 Å². The number of hydrogen-bond donors (Lipinski definition) is 3. The van der Waals surface area contributed by atoms with Crippen LogP contribution in [-0.2, 0) is 19.0 Å². The Labute approximate surface area is 268 Å². The molecule has 0 spiro atoms. The summed E-state index contributed by atoms with van der Waals surface area (Å²) >= 11 is 0. The van der Waals surface area contributed by atoms with Crippen molar-refractivity contribution in [2.45, 2.75) is 217 Å². The summed E-state index contributed by atoms with van der Waals surface area (Å²) in [6.07, 6.45) is 26.1. The van der Waals surface area contributed by atoms with E-state index in [1.807, 2.05) is 13.0 Å². The number of esters is 1. The smallest absolute Gasteiger partial charge is 0.334 e. The quantitative estimate of drug-likeness (QED) is 0.0703. The van der Waals surface area contributed by atoms with Crippen LogP contribution in [0.3, 0.4) is 0 Å². The van der Waals surface area contributed by atoms with E-state index < -0.39 is 12.2 Å². The van der Waals surface area contributed by atoms with E-state index >= 15 is 0 Å². The van der Waals surface area contributed by atoms with Gasteiger partial charge in [0.1, 0.15) is 6.10 Å². The molecule has 7 nitrogen and oxygen atoms in total. The zero-order chi connectivity index (χ0) is 31.6. The lowest BCUT2D eigenvalue weighted by Gasteiger charge is -2.24. The SMILES string of the molecule is CCCCCCCCCC[C@H](O)[C@H]1CC[C@H]([C@H]2CC[C@H]([C@H](O)CCCCCCCCCCC(O)CC3=CC(C)OC3=O)O2)O1. The Balaban J connectivity index is 1.13. The van der Waals surface area contributed by atoms with E-state index in [2.05, 4.69) is 6.92 Å². The van der Waals surface area contributed by atoms with Crippen LogP contribution in [0, 0.1) is 0 Å². The predicted octanol–water partition coefficient (Wildman–Crippen LogP) is 7.86. The van der Waals surface area contributed by atoms with Crippen molar-refractivity contribution in [3.8, 4) is 0 Å². The Morgan fingerprint density at radius 2 is 1.09 bits per heavy atom. The van der Waals surface area contributed by atoms with Gasteiger partial charge in [-0.15, -0.1) is 0 Å². The average Bonchev–Trinajstić information content (AvgIpc) is 3.75. The zero-order valence-corrected chi connectivity index (χ0v) is 28.1. The van der Waals surface area contributed by atoms with Gasteiger partial charge in [-0.3, -0.25) is 0 Å². The fraction of sp³-hybridized carbons (Fsp3) is 0.919. The molecule has 0 aromatic carbocycles. The summed E-state index contributed by atoms with van der Waals surface area (Å²) in [4.78, 5) is 11.7. The molecule has 3 heterocycles. The fourth-order valence-electron chi connectivity index (χ4n) is 7.28. The fourth-order valence-corrected chi connectivity index (χ4v) is 7.28. The number of carbonyl (C=O) groups is 1. The molecule has 3 aliphatic heterocycles. The Morgan fingerprint density at radius 1 is 0.659 bits per heavy atom. The number of hydrogen-bond acceptors (Lipinski definition) is 7. The third kappa shape index (κ3) is 14.2. The van der Waals surface area contributed by atoms with Gasteiger partial charge < -0.3 is 29.5 Å². The van der Waals surface area contributed by atoms with Gasteiger partial charge in [0.15, 0.2) is 0 Å². The summed E-state index contributed by atoms with van der Waals surface area (Å²) in [5.41, 5.74) is 0.617. The first-order valence-electron chi connectivity index (χ1n) is 18.6. The molecular formula is C37H66O7. The molecule has 0 aliphatic carbocycles. The lowest BCUT2D eigenvalue weighted by atomic mass is 10.00. The molecule has 0 bridgehead atoms. The van der Waals surface area contributed by atoms with Crippen molar-refractivity contribution in [2.75, 3.05) is 0 Å². The Kier molecular flexibility index (Phi) is 18.5. The lowest BCUT2D eigenvalue weighted by Crippen LogP contribution is -2.33. The molecule has 3 N–H and O–H groups in total. The predicted molar refractivity (Wildman–Crippen MR) is 175 cm³/mol. The van der Waals surface area contributed by atoms with E-state index in [4.69, 9.17) is 14.2 Å². The van der Waals surface area contributed by atoms with E-state index in [1.54, 1.807) is 0 Å². The molecule has 256 valence electrons. The second-order valence-corrected chi connectivity index (χ2v) is 14.0.